The number of hydrogen-bond acceptors (Lipinski definition) is 3. The molecule has 0 amide bonds. The molecule has 0 bridgehead atoms. The molecule has 1 aliphatic heterocycles. The summed E-state index contributed by atoms with van der Waals surface area (Å²) in [7, 11) is 2.06. The second-order valence-corrected chi connectivity index (χ2v) is 10.6. The molecule has 1 aliphatic rings. The standard InChI is InChI=1S/C34H45NO2/c1-3-4-5-6-7-8-9-10-11-12-13-18-27-37-29-25-23-28(24-26-29)34(36)30-19-14-16-21-32(30)35(2)33-22-17-15-20-31(33)34/h14-17,19-26,36H,3-13,18,27H2,1-2H3. The van der Waals surface area contributed by atoms with Crippen LogP contribution in [0.2, 0.25) is 0 Å². The maximum absolute atomic E-state index is 12.2. The number of benzene rings is 3. The predicted molar refractivity (Wildman–Crippen MR) is 156 cm³/mol. The van der Waals surface area contributed by atoms with E-state index in [1.54, 1.807) is 0 Å². The van der Waals surface area contributed by atoms with E-state index in [9.17, 15) is 5.11 Å². The van der Waals surface area contributed by atoms with Gasteiger partial charge in [-0.2, -0.15) is 0 Å². The molecule has 0 spiro atoms. The van der Waals surface area contributed by atoms with Gasteiger partial charge in [0.2, 0.25) is 0 Å². The zero-order valence-electron chi connectivity index (χ0n) is 22.9. The first-order valence-electron chi connectivity index (χ1n) is 14.5. The lowest BCUT2D eigenvalue weighted by atomic mass is 9.76. The summed E-state index contributed by atoms with van der Waals surface area (Å²) in [6.45, 7) is 3.03. The van der Waals surface area contributed by atoms with Crippen molar-refractivity contribution < 1.29 is 9.84 Å². The summed E-state index contributed by atoms with van der Waals surface area (Å²) < 4.78 is 6.04. The molecule has 0 atom stereocenters. The van der Waals surface area contributed by atoms with Gasteiger partial charge in [-0.05, 0) is 36.2 Å². The smallest absolute Gasteiger partial charge is 0.144 e. The molecule has 3 aromatic carbocycles. The number of para-hydroxylation sites is 2. The maximum Gasteiger partial charge on any atom is 0.144 e. The minimum Gasteiger partial charge on any atom is -0.494 e. The Hall–Kier alpha value is -2.78. The molecule has 3 heteroatoms. The predicted octanol–water partition coefficient (Wildman–Crippen LogP) is 9.13. The summed E-state index contributed by atoms with van der Waals surface area (Å²) in [6, 6.07) is 24.3. The summed E-state index contributed by atoms with van der Waals surface area (Å²) in [5, 5.41) is 12.2. The highest BCUT2D eigenvalue weighted by Crippen LogP contribution is 2.50. The average molecular weight is 500 g/mol. The molecule has 1 N–H and O–H groups in total. The van der Waals surface area contributed by atoms with Crippen molar-refractivity contribution in [1.82, 2.24) is 0 Å². The maximum atomic E-state index is 12.2. The summed E-state index contributed by atoms with van der Waals surface area (Å²) in [4.78, 5) is 2.16. The van der Waals surface area contributed by atoms with Gasteiger partial charge < -0.3 is 14.7 Å². The molecule has 1 heterocycles. The van der Waals surface area contributed by atoms with Crippen molar-refractivity contribution in [1.29, 1.82) is 0 Å². The van der Waals surface area contributed by atoms with Crippen LogP contribution < -0.4 is 9.64 Å². The molecular weight excluding hydrogens is 454 g/mol. The van der Waals surface area contributed by atoms with Gasteiger partial charge in [0.05, 0.1) is 6.61 Å². The quantitative estimate of drug-likeness (QED) is 0.212. The van der Waals surface area contributed by atoms with Gasteiger partial charge >= 0.3 is 0 Å². The third kappa shape index (κ3) is 6.57. The van der Waals surface area contributed by atoms with Crippen molar-refractivity contribution in [2.75, 3.05) is 18.6 Å². The van der Waals surface area contributed by atoms with Crippen LogP contribution in [0.1, 0.15) is 101 Å². The Morgan fingerprint density at radius 1 is 0.622 bits per heavy atom. The Morgan fingerprint density at radius 3 is 1.59 bits per heavy atom. The Balaban J connectivity index is 1.25. The topological polar surface area (TPSA) is 32.7 Å². The minimum absolute atomic E-state index is 0.748. The molecule has 37 heavy (non-hydrogen) atoms. The fraction of sp³-hybridized carbons (Fsp3) is 0.471. The molecule has 0 aromatic heterocycles. The molecule has 3 aromatic rings. The molecule has 3 nitrogen and oxygen atoms in total. The van der Waals surface area contributed by atoms with E-state index in [1.807, 2.05) is 60.7 Å². The van der Waals surface area contributed by atoms with Crippen LogP contribution in [0.4, 0.5) is 11.4 Å². The van der Waals surface area contributed by atoms with Crippen LogP contribution >= 0.6 is 0 Å². The third-order valence-electron chi connectivity index (χ3n) is 7.85. The Morgan fingerprint density at radius 2 is 1.08 bits per heavy atom. The van der Waals surface area contributed by atoms with Gasteiger partial charge in [0, 0.05) is 29.5 Å². The van der Waals surface area contributed by atoms with Gasteiger partial charge in [-0.25, -0.2) is 0 Å². The number of hydrogen-bond donors (Lipinski definition) is 1. The minimum atomic E-state index is -1.20. The second kappa shape index (κ2) is 13.7. The van der Waals surface area contributed by atoms with Gasteiger partial charge in [0.25, 0.3) is 0 Å². The molecule has 0 aliphatic carbocycles. The van der Waals surface area contributed by atoms with Crippen molar-refractivity contribution >= 4 is 11.4 Å². The zero-order chi connectivity index (χ0) is 25.9. The molecule has 198 valence electrons. The van der Waals surface area contributed by atoms with Gasteiger partial charge in [-0.1, -0.05) is 126 Å². The lowest BCUT2D eigenvalue weighted by molar-refractivity contribution is 0.125. The first kappa shape index (κ1) is 27.3. The monoisotopic (exact) mass is 499 g/mol. The van der Waals surface area contributed by atoms with Gasteiger partial charge in [0.1, 0.15) is 11.4 Å². The van der Waals surface area contributed by atoms with Gasteiger partial charge in [-0.15, -0.1) is 0 Å². The lowest BCUT2D eigenvalue weighted by Gasteiger charge is -2.41. The molecule has 0 fully saturated rings. The number of ether oxygens (including phenoxy) is 1. The summed E-state index contributed by atoms with van der Waals surface area (Å²) in [5.41, 5.74) is 3.52. The number of nitrogens with zero attached hydrogens (tertiary/aromatic N) is 1. The van der Waals surface area contributed by atoms with E-state index in [4.69, 9.17) is 4.74 Å². The van der Waals surface area contributed by atoms with E-state index in [1.165, 1.54) is 70.6 Å². The fourth-order valence-electron chi connectivity index (χ4n) is 5.66. The van der Waals surface area contributed by atoms with Crippen molar-refractivity contribution in [3.63, 3.8) is 0 Å². The van der Waals surface area contributed by atoms with E-state index in [-0.39, 0.29) is 0 Å². The van der Waals surface area contributed by atoms with Crippen LogP contribution in [0.3, 0.4) is 0 Å². The lowest BCUT2D eigenvalue weighted by Crippen LogP contribution is -2.36. The number of aliphatic hydroxyl groups is 1. The number of rotatable bonds is 15. The largest absolute Gasteiger partial charge is 0.494 e. The number of anilines is 2. The first-order chi connectivity index (χ1) is 18.2. The average Bonchev–Trinajstić information content (AvgIpc) is 2.94. The summed E-state index contributed by atoms with van der Waals surface area (Å²) in [5.74, 6) is 0.866. The van der Waals surface area contributed by atoms with Crippen LogP contribution in [0.25, 0.3) is 0 Å². The SMILES string of the molecule is CCCCCCCCCCCCCCOc1ccc(C2(O)c3ccccc3N(C)c3ccccc32)cc1. The van der Waals surface area contributed by atoms with E-state index in [0.29, 0.717) is 0 Å². The molecule has 4 rings (SSSR count). The highest BCUT2D eigenvalue weighted by atomic mass is 16.5. The van der Waals surface area contributed by atoms with Crippen molar-refractivity contribution in [3.05, 3.63) is 89.5 Å². The first-order valence-corrected chi connectivity index (χ1v) is 14.5. The van der Waals surface area contributed by atoms with Gasteiger partial charge in [0.15, 0.2) is 0 Å². The Kier molecular flexibility index (Phi) is 10.1. The normalized spacial score (nSPS) is 13.8. The van der Waals surface area contributed by atoms with Crippen molar-refractivity contribution in [2.24, 2.45) is 0 Å². The van der Waals surface area contributed by atoms with E-state index >= 15 is 0 Å². The van der Waals surface area contributed by atoms with E-state index < -0.39 is 5.60 Å². The van der Waals surface area contributed by atoms with E-state index in [0.717, 1.165) is 46.8 Å². The molecule has 0 unspecified atom stereocenters. The Labute approximate surface area is 224 Å². The molecule has 0 saturated heterocycles. The third-order valence-corrected chi connectivity index (χ3v) is 7.85. The molecule has 0 saturated carbocycles. The van der Waals surface area contributed by atoms with Crippen LogP contribution in [0, 0.1) is 0 Å². The van der Waals surface area contributed by atoms with Crippen molar-refractivity contribution in [3.8, 4) is 5.75 Å². The zero-order valence-corrected chi connectivity index (χ0v) is 22.9. The summed E-state index contributed by atoms with van der Waals surface area (Å²) in [6.07, 6.45) is 16.1. The van der Waals surface area contributed by atoms with Crippen LogP contribution in [-0.4, -0.2) is 18.8 Å². The Bertz CT molecular complexity index is 1040. The van der Waals surface area contributed by atoms with Crippen LogP contribution in [0.5, 0.6) is 5.75 Å². The number of fused-ring (bicyclic) bond motifs is 2. The second-order valence-electron chi connectivity index (χ2n) is 10.6. The van der Waals surface area contributed by atoms with E-state index in [2.05, 4.69) is 31.0 Å². The number of unbranched alkanes of at least 4 members (excludes halogenated alkanes) is 11. The highest BCUT2D eigenvalue weighted by molar-refractivity contribution is 5.78. The molecular formula is C34H45NO2. The molecule has 0 radical (unpaired) electrons. The van der Waals surface area contributed by atoms with Gasteiger partial charge in [-0.3, -0.25) is 0 Å². The van der Waals surface area contributed by atoms with Crippen molar-refractivity contribution in [2.45, 2.75) is 89.6 Å². The van der Waals surface area contributed by atoms with Crippen LogP contribution in [-0.2, 0) is 5.60 Å². The summed E-state index contributed by atoms with van der Waals surface area (Å²) >= 11 is 0. The fourth-order valence-corrected chi connectivity index (χ4v) is 5.66. The highest BCUT2D eigenvalue weighted by Gasteiger charge is 2.42. The van der Waals surface area contributed by atoms with Crippen LogP contribution in [0.15, 0.2) is 72.8 Å².